The average molecular weight is 385 g/mol. The van der Waals surface area contributed by atoms with Crippen LogP contribution in [0, 0.1) is 10.1 Å². The second kappa shape index (κ2) is 8.64. The molecule has 0 spiro atoms. The molecular formula is C19H23N5O4. The van der Waals surface area contributed by atoms with Crippen molar-refractivity contribution in [2.45, 2.75) is 39.2 Å². The van der Waals surface area contributed by atoms with E-state index >= 15 is 0 Å². The number of ether oxygens (including phenoxy) is 1. The molecule has 1 unspecified atom stereocenters. The van der Waals surface area contributed by atoms with Crippen LogP contribution in [0.3, 0.4) is 0 Å². The van der Waals surface area contributed by atoms with Gasteiger partial charge in [-0.15, -0.1) is 0 Å². The summed E-state index contributed by atoms with van der Waals surface area (Å²) >= 11 is 0. The van der Waals surface area contributed by atoms with Crippen LogP contribution in [-0.4, -0.2) is 40.1 Å². The van der Waals surface area contributed by atoms with Crippen LogP contribution < -0.4 is 10.2 Å². The summed E-state index contributed by atoms with van der Waals surface area (Å²) in [5, 5.41) is 14.8. The Balaban J connectivity index is 2.01. The molecule has 0 saturated carbocycles. The molecule has 1 atom stereocenters. The van der Waals surface area contributed by atoms with Gasteiger partial charge >= 0.3 is 11.7 Å². The molecule has 9 heteroatoms. The molecule has 2 heterocycles. The Morgan fingerprint density at radius 2 is 2.14 bits per heavy atom. The summed E-state index contributed by atoms with van der Waals surface area (Å²) in [6, 6.07) is 6.84. The third-order valence-electron chi connectivity index (χ3n) is 4.74. The Kier molecular flexibility index (Phi) is 6.03. The number of hydrogen-bond acceptors (Lipinski definition) is 8. The molecule has 3 rings (SSSR count). The Labute approximate surface area is 162 Å². The SMILES string of the molecule is CCOC(=O)c1ccccc1Nc1ncnc(N2CCCCC2C)c1[N+](=O)[O-]. The number of nitrogens with zero attached hydrogens (tertiary/aromatic N) is 4. The number of hydrogen-bond donors (Lipinski definition) is 1. The predicted molar refractivity (Wildman–Crippen MR) is 105 cm³/mol. The summed E-state index contributed by atoms with van der Waals surface area (Å²) in [6.45, 7) is 4.69. The van der Waals surface area contributed by atoms with Gasteiger partial charge in [-0.2, -0.15) is 0 Å². The predicted octanol–water partition coefficient (Wildman–Crippen LogP) is 3.68. The van der Waals surface area contributed by atoms with Crippen molar-refractivity contribution in [1.29, 1.82) is 0 Å². The number of para-hydroxylation sites is 1. The summed E-state index contributed by atoms with van der Waals surface area (Å²) in [5.74, 6) is -0.167. The lowest BCUT2D eigenvalue weighted by Crippen LogP contribution is -2.38. The van der Waals surface area contributed by atoms with Crippen molar-refractivity contribution in [3.05, 3.63) is 46.3 Å². The molecule has 1 aliphatic heterocycles. The first-order valence-corrected chi connectivity index (χ1v) is 9.32. The summed E-state index contributed by atoms with van der Waals surface area (Å²) in [6.07, 6.45) is 4.31. The number of nitro groups is 1. The van der Waals surface area contributed by atoms with Crippen LogP contribution in [0.15, 0.2) is 30.6 Å². The van der Waals surface area contributed by atoms with E-state index in [0.29, 0.717) is 18.1 Å². The number of carbonyl (C=O) groups is 1. The maximum atomic E-state index is 12.2. The van der Waals surface area contributed by atoms with Crippen molar-refractivity contribution >= 4 is 29.0 Å². The quantitative estimate of drug-likeness (QED) is 0.455. The number of nitrogens with one attached hydrogen (secondary N) is 1. The van der Waals surface area contributed by atoms with Crippen LogP contribution in [0.2, 0.25) is 0 Å². The molecule has 1 saturated heterocycles. The fraction of sp³-hybridized carbons (Fsp3) is 0.421. The van der Waals surface area contributed by atoms with Crippen LogP contribution in [0.4, 0.5) is 23.0 Å². The van der Waals surface area contributed by atoms with Gasteiger partial charge in [0.1, 0.15) is 6.33 Å². The topological polar surface area (TPSA) is 110 Å². The highest BCUT2D eigenvalue weighted by Crippen LogP contribution is 2.36. The van der Waals surface area contributed by atoms with E-state index in [0.717, 1.165) is 19.3 Å². The third-order valence-corrected chi connectivity index (χ3v) is 4.74. The van der Waals surface area contributed by atoms with E-state index < -0.39 is 10.9 Å². The lowest BCUT2D eigenvalue weighted by atomic mass is 10.0. The van der Waals surface area contributed by atoms with Gasteiger partial charge in [0.2, 0.25) is 11.6 Å². The van der Waals surface area contributed by atoms with E-state index in [9.17, 15) is 14.9 Å². The highest BCUT2D eigenvalue weighted by Gasteiger charge is 2.31. The Morgan fingerprint density at radius 3 is 2.86 bits per heavy atom. The lowest BCUT2D eigenvalue weighted by Gasteiger charge is -2.33. The number of carbonyl (C=O) groups excluding carboxylic acids is 1. The van der Waals surface area contributed by atoms with Gasteiger partial charge in [0, 0.05) is 12.6 Å². The summed E-state index contributed by atoms with van der Waals surface area (Å²) in [5.41, 5.74) is 0.473. The van der Waals surface area contributed by atoms with Crippen LogP contribution in [-0.2, 0) is 4.74 Å². The van der Waals surface area contributed by atoms with Crippen molar-refractivity contribution in [1.82, 2.24) is 9.97 Å². The van der Waals surface area contributed by atoms with E-state index in [-0.39, 0.29) is 29.7 Å². The van der Waals surface area contributed by atoms with Gasteiger partial charge in [-0.25, -0.2) is 14.8 Å². The van der Waals surface area contributed by atoms with Gasteiger partial charge in [-0.05, 0) is 45.2 Å². The number of aromatic nitrogens is 2. The minimum absolute atomic E-state index is 0.0459. The maximum absolute atomic E-state index is 12.2. The van der Waals surface area contributed by atoms with Gasteiger partial charge < -0.3 is 15.0 Å². The third kappa shape index (κ3) is 4.03. The first-order chi connectivity index (χ1) is 13.5. The first kappa shape index (κ1) is 19.5. The maximum Gasteiger partial charge on any atom is 0.353 e. The lowest BCUT2D eigenvalue weighted by molar-refractivity contribution is -0.383. The highest BCUT2D eigenvalue weighted by molar-refractivity contribution is 5.96. The van der Waals surface area contributed by atoms with Crippen LogP contribution in [0.25, 0.3) is 0 Å². The summed E-state index contributed by atoms with van der Waals surface area (Å²) in [4.78, 5) is 33.8. The number of anilines is 3. The number of rotatable bonds is 6. The summed E-state index contributed by atoms with van der Waals surface area (Å²) < 4.78 is 5.06. The van der Waals surface area contributed by atoms with Crippen LogP contribution >= 0.6 is 0 Å². The van der Waals surface area contributed by atoms with Crippen molar-refractivity contribution in [3.8, 4) is 0 Å². The monoisotopic (exact) mass is 385 g/mol. The molecular weight excluding hydrogens is 362 g/mol. The van der Waals surface area contributed by atoms with E-state index in [1.165, 1.54) is 6.33 Å². The van der Waals surface area contributed by atoms with E-state index in [2.05, 4.69) is 15.3 Å². The normalized spacial score (nSPS) is 16.5. The highest BCUT2D eigenvalue weighted by atomic mass is 16.6. The second-order valence-electron chi connectivity index (χ2n) is 6.58. The summed E-state index contributed by atoms with van der Waals surface area (Å²) in [7, 11) is 0. The molecule has 1 fully saturated rings. The number of benzene rings is 1. The second-order valence-corrected chi connectivity index (χ2v) is 6.58. The van der Waals surface area contributed by atoms with E-state index in [4.69, 9.17) is 4.74 Å². The Hall–Kier alpha value is -3.23. The molecule has 0 aliphatic carbocycles. The molecule has 1 aromatic heterocycles. The zero-order valence-electron chi connectivity index (χ0n) is 15.9. The minimum Gasteiger partial charge on any atom is -0.462 e. The van der Waals surface area contributed by atoms with Gasteiger partial charge in [0.25, 0.3) is 0 Å². The molecule has 28 heavy (non-hydrogen) atoms. The average Bonchev–Trinajstić information content (AvgIpc) is 2.68. The molecule has 9 nitrogen and oxygen atoms in total. The number of piperidine rings is 1. The smallest absolute Gasteiger partial charge is 0.353 e. The largest absolute Gasteiger partial charge is 0.462 e. The standard InChI is InChI=1S/C19H23N5O4/c1-3-28-19(25)14-9-4-5-10-15(14)22-17-16(24(26)27)18(21-12-20-17)23-11-7-6-8-13(23)2/h4-5,9-10,12-13H,3,6-8,11H2,1-2H3,(H,20,21,22). The molecule has 1 aromatic carbocycles. The Morgan fingerprint density at radius 1 is 1.36 bits per heavy atom. The molecule has 2 aromatic rings. The molecule has 0 bridgehead atoms. The van der Waals surface area contributed by atoms with Gasteiger partial charge in [-0.3, -0.25) is 10.1 Å². The Bertz CT molecular complexity index is 873. The number of esters is 1. The van der Waals surface area contributed by atoms with Gasteiger partial charge in [0.05, 0.1) is 22.8 Å². The fourth-order valence-electron chi connectivity index (χ4n) is 3.36. The zero-order chi connectivity index (χ0) is 20.1. The van der Waals surface area contributed by atoms with Gasteiger partial charge in [-0.1, -0.05) is 12.1 Å². The first-order valence-electron chi connectivity index (χ1n) is 9.32. The van der Waals surface area contributed by atoms with Crippen molar-refractivity contribution in [3.63, 3.8) is 0 Å². The van der Waals surface area contributed by atoms with Crippen molar-refractivity contribution in [2.24, 2.45) is 0 Å². The van der Waals surface area contributed by atoms with Crippen molar-refractivity contribution in [2.75, 3.05) is 23.4 Å². The van der Waals surface area contributed by atoms with Crippen LogP contribution in [0.1, 0.15) is 43.5 Å². The molecule has 0 radical (unpaired) electrons. The fourth-order valence-corrected chi connectivity index (χ4v) is 3.36. The minimum atomic E-state index is -0.507. The molecule has 148 valence electrons. The molecule has 1 N–H and O–H groups in total. The van der Waals surface area contributed by atoms with E-state index in [1.54, 1.807) is 31.2 Å². The van der Waals surface area contributed by atoms with Crippen LogP contribution in [0.5, 0.6) is 0 Å². The molecule has 1 aliphatic rings. The molecule has 0 amide bonds. The van der Waals surface area contributed by atoms with E-state index in [1.807, 2.05) is 11.8 Å². The van der Waals surface area contributed by atoms with Crippen molar-refractivity contribution < 1.29 is 14.5 Å². The zero-order valence-corrected chi connectivity index (χ0v) is 15.9. The van der Waals surface area contributed by atoms with Gasteiger partial charge in [0.15, 0.2) is 0 Å².